The standard InChI is InChI=1S/C34H34N2O3/c1-3-5-22-36(23-6-4-2)29-19-11-10-17-27(29)35-28-18-13-21-31-32(28)34(26-16-9-12-20-30(26)38-31)25-15-8-7-14-24(25)33(37)39-34/h7-21,35H,3-6,22-23H2,1-2H3. The average molecular weight is 519 g/mol. The van der Waals surface area contributed by atoms with Gasteiger partial charge in [-0.2, -0.15) is 0 Å². The molecule has 4 aromatic rings. The van der Waals surface area contributed by atoms with Gasteiger partial charge < -0.3 is 19.7 Å². The van der Waals surface area contributed by atoms with E-state index in [9.17, 15) is 4.79 Å². The van der Waals surface area contributed by atoms with Crippen molar-refractivity contribution in [1.82, 2.24) is 0 Å². The number of para-hydroxylation sites is 3. The number of nitrogens with zero attached hydrogens (tertiary/aromatic N) is 1. The molecule has 2 aliphatic rings. The van der Waals surface area contributed by atoms with Gasteiger partial charge in [-0.3, -0.25) is 0 Å². The molecule has 2 heterocycles. The Balaban J connectivity index is 1.51. The monoisotopic (exact) mass is 518 g/mol. The van der Waals surface area contributed by atoms with Gasteiger partial charge in [0.1, 0.15) is 11.5 Å². The van der Waals surface area contributed by atoms with Gasteiger partial charge in [0.05, 0.1) is 28.2 Å². The van der Waals surface area contributed by atoms with Gasteiger partial charge in [0.15, 0.2) is 5.60 Å². The second kappa shape index (κ2) is 10.5. The number of nitrogens with one attached hydrogen (secondary N) is 1. The Labute approximate surface area is 230 Å². The number of rotatable bonds is 9. The number of hydrogen-bond acceptors (Lipinski definition) is 5. The van der Waals surface area contributed by atoms with Crippen molar-refractivity contribution in [2.75, 3.05) is 23.3 Å². The predicted octanol–water partition coefficient (Wildman–Crippen LogP) is 8.40. The van der Waals surface area contributed by atoms with Crippen LogP contribution in [0.15, 0.2) is 91.0 Å². The lowest BCUT2D eigenvalue weighted by Crippen LogP contribution is -2.34. The molecule has 1 unspecified atom stereocenters. The highest BCUT2D eigenvalue weighted by molar-refractivity contribution is 5.97. The SMILES string of the molecule is CCCCN(CCCC)c1ccccc1Nc1cccc2c1C1(OC(=O)c3ccccc31)c1ccccc1O2. The number of esters is 1. The summed E-state index contributed by atoms with van der Waals surface area (Å²) in [7, 11) is 0. The number of carbonyl (C=O) groups excluding carboxylic acids is 1. The van der Waals surface area contributed by atoms with E-state index < -0.39 is 5.60 Å². The summed E-state index contributed by atoms with van der Waals surface area (Å²) in [6, 6.07) is 30.0. The van der Waals surface area contributed by atoms with E-state index in [2.05, 4.69) is 48.3 Å². The van der Waals surface area contributed by atoms with E-state index in [0.29, 0.717) is 17.1 Å². The first kappa shape index (κ1) is 25.1. The number of hydrogen-bond donors (Lipinski definition) is 1. The number of anilines is 3. The number of carbonyl (C=O) groups is 1. The van der Waals surface area contributed by atoms with Crippen LogP contribution in [0.5, 0.6) is 11.5 Å². The van der Waals surface area contributed by atoms with Crippen LogP contribution < -0.4 is 15.0 Å². The highest BCUT2D eigenvalue weighted by Crippen LogP contribution is 2.58. The van der Waals surface area contributed by atoms with Crippen molar-refractivity contribution in [1.29, 1.82) is 0 Å². The maximum absolute atomic E-state index is 13.3. The van der Waals surface area contributed by atoms with Crippen molar-refractivity contribution in [2.24, 2.45) is 0 Å². The first-order valence-corrected chi connectivity index (χ1v) is 14.0. The van der Waals surface area contributed by atoms with Crippen molar-refractivity contribution in [3.05, 3.63) is 113 Å². The van der Waals surface area contributed by atoms with Gasteiger partial charge >= 0.3 is 5.97 Å². The van der Waals surface area contributed by atoms with Crippen LogP contribution in [0.25, 0.3) is 0 Å². The maximum Gasteiger partial charge on any atom is 0.340 e. The minimum atomic E-state index is -1.11. The first-order valence-electron chi connectivity index (χ1n) is 14.0. The van der Waals surface area contributed by atoms with E-state index in [1.54, 1.807) is 0 Å². The average Bonchev–Trinajstić information content (AvgIpc) is 3.26. The summed E-state index contributed by atoms with van der Waals surface area (Å²) in [4.78, 5) is 15.8. The second-order valence-electron chi connectivity index (χ2n) is 10.2. The van der Waals surface area contributed by atoms with E-state index in [1.165, 1.54) is 5.69 Å². The molecule has 2 aliphatic heterocycles. The van der Waals surface area contributed by atoms with Crippen LogP contribution in [0.2, 0.25) is 0 Å². The van der Waals surface area contributed by atoms with Gasteiger partial charge in [0.2, 0.25) is 0 Å². The van der Waals surface area contributed by atoms with Crippen molar-refractivity contribution in [3.8, 4) is 11.5 Å². The summed E-state index contributed by atoms with van der Waals surface area (Å²) < 4.78 is 12.8. The van der Waals surface area contributed by atoms with Crippen LogP contribution in [-0.4, -0.2) is 19.1 Å². The number of fused-ring (bicyclic) bond motifs is 6. The van der Waals surface area contributed by atoms with Crippen LogP contribution in [-0.2, 0) is 10.3 Å². The highest BCUT2D eigenvalue weighted by Gasteiger charge is 2.54. The van der Waals surface area contributed by atoms with Gasteiger partial charge in [0.25, 0.3) is 0 Å². The van der Waals surface area contributed by atoms with Gasteiger partial charge in [-0.15, -0.1) is 0 Å². The molecule has 0 radical (unpaired) electrons. The van der Waals surface area contributed by atoms with Gasteiger partial charge in [0, 0.05) is 24.2 Å². The normalized spacial score (nSPS) is 16.6. The van der Waals surface area contributed by atoms with E-state index in [4.69, 9.17) is 9.47 Å². The molecule has 0 bridgehead atoms. The Morgan fingerprint density at radius 2 is 1.36 bits per heavy atom. The molecule has 1 spiro atoms. The Hall–Kier alpha value is -4.25. The fraction of sp³-hybridized carbons (Fsp3) is 0.265. The molecule has 0 aromatic heterocycles. The molecule has 4 aromatic carbocycles. The highest BCUT2D eigenvalue weighted by atomic mass is 16.6. The quantitative estimate of drug-likeness (QED) is 0.225. The molecular formula is C34H34N2O3. The second-order valence-corrected chi connectivity index (χ2v) is 10.2. The smallest absolute Gasteiger partial charge is 0.340 e. The van der Waals surface area contributed by atoms with Crippen LogP contribution in [0.3, 0.4) is 0 Å². The third-order valence-corrected chi connectivity index (χ3v) is 7.71. The number of unbranched alkanes of at least 4 members (excludes halogenated alkanes) is 2. The number of ether oxygens (including phenoxy) is 2. The Morgan fingerprint density at radius 3 is 2.15 bits per heavy atom. The summed E-state index contributed by atoms with van der Waals surface area (Å²) in [6.45, 7) is 6.48. The summed E-state index contributed by atoms with van der Waals surface area (Å²) in [5.41, 5.74) is 4.99. The molecule has 0 amide bonds. The summed E-state index contributed by atoms with van der Waals surface area (Å²) in [5, 5.41) is 3.75. The lowest BCUT2D eigenvalue weighted by atomic mass is 9.77. The summed E-state index contributed by atoms with van der Waals surface area (Å²) in [6.07, 6.45) is 4.57. The fourth-order valence-corrected chi connectivity index (χ4v) is 5.84. The third-order valence-electron chi connectivity index (χ3n) is 7.71. The molecule has 0 fully saturated rings. The van der Waals surface area contributed by atoms with Crippen LogP contribution in [0.1, 0.15) is 66.6 Å². The summed E-state index contributed by atoms with van der Waals surface area (Å²) in [5.74, 6) is 1.04. The minimum absolute atomic E-state index is 0.325. The zero-order chi connectivity index (χ0) is 26.8. The fourth-order valence-electron chi connectivity index (χ4n) is 5.84. The third kappa shape index (κ3) is 4.22. The van der Waals surface area contributed by atoms with E-state index >= 15 is 0 Å². The number of benzene rings is 4. The maximum atomic E-state index is 13.3. The molecule has 1 N–H and O–H groups in total. The lowest BCUT2D eigenvalue weighted by molar-refractivity contribution is 0.0227. The largest absolute Gasteiger partial charge is 0.456 e. The van der Waals surface area contributed by atoms with Gasteiger partial charge in [-0.05, 0) is 49.2 Å². The topological polar surface area (TPSA) is 50.8 Å². The zero-order valence-electron chi connectivity index (χ0n) is 22.6. The molecule has 0 saturated carbocycles. The van der Waals surface area contributed by atoms with E-state index in [0.717, 1.165) is 66.8 Å². The van der Waals surface area contributed by atoms with Crippen LogP contribution in [0.4, 0.5) is 17.1 Å². The lowest BCUT2D eigenvalue weighted by Gasteiger charge is -2.38. The molecular weight excluding hydrogens is 484 g/mol. The Kier molecular flexibility index (Phi) is 6.74. The van der Waals surface area contributed by atoms with Crippen molar-refractivity contribution in [2.45, 2.75) is 45.1 Å². The molecule has 39 heavy (non-hydrogen) atoms. The summed E-state index contributed by atoms with van der Waals surface area (Å²) >= 11 is 0. The molecule has 1 atom stereocenters. The predicted molar refractivity (Wildman–Crippen MR) is 156 cm³/mol. The van der Waals surface area contributed by atoms with Crippen molar-refractivity contribution >= 4 is 23.0 Å². The van der Waals surface area contributed by atoms with Crippen LogP contribution in [0, 0.1) is 0 Å². The molecule has 0 saturated heterocycles. The Bertz CT molecular complexity index is 1510. The molecule has 0 aliphatic carbocycles. The van der Waals surface area contributed by atoms with E-state index in [-0.39, 0.29) is 5.97 Å². The van der Waals surface area contributed by atoms with Crippen LogP contribution >= 0.6 is 0 Å². The molecule has 5 nitrogen and oxygen atoms in total. The van der Waals surface area contributed by atoms with Gasteiger partial charge in [-0.25, -0.2) is 4.79 Å². The van der Waals surface area contributed by atoms with Crippen molar-refractivity contribution in [3.63, 3.8) is 0 Å². The van der Waals surface area contributed by atoms with Gasteiger partial charge in [-0.1, -0.05) is 81.3 Å². The molecule has 6 rings (SSSR count). The van der Waals surface area contributed by atoms with E-state index in [1.807, 2.05) is 66.7 Å². The minimum Gasteiger partial charge on any atom is -0.456 e. The van der Waals surface area contributed by atoms with Crippen molar-refractivity contribution < 1.29 is 14.3 Å². The molecule has 198 valence electrons. The molecule has 5 heteroatoms. The zero-order valence-corrected chi connectivity index (χ0v) is 22.6. The Morgan fingerprint density at radius 1 is 0.718 bits per heavy atom. The first-order chi connectivity index (χ1) is 19.2.